The summed E-state index contributed by atoms with van der Waals surface area (Å²) in [5, 5.41) is 3.40. The molecule has 0 aliphatic carbocycles. The number of nitrogens with one attached hydrogen (secondary N) is 1. The Balaban J connectivity index is 2.03. The van der Waals surface area contributed by atoms with Crippen molar-refractivity contribution in [3.8, 4) is 5.75 Å². The van der Waals surface area contributed by atoms with Gasteiger partial charge in [-0.3, -0.25) is 4.79 Å². The molecule has 1 unspecified atom stereocenters. The van der Waals surface area contributed by atoms with Crippen molar-refractivity contribution in [1.29, 1.82) is 0 Å². The molecule has 0 aromatic heterocycles. The van der Waals surface area contributed by atoms with E-state index in [1.807, 2.05) is 17.0 Å². The molecule has 21 heavy (non-hydrogen) atoms. The van der Waals surface area contributed by atoms with Crippen molar-refractivity contribution < 1.29 is 9.53 Å². The molecule has 4 heteroatoms. The zero-order valence-corrected chi connectivity index (χ0v) is 13.3. The van der Waals surface area contributed by atoms with Gasteiger partial charge in [-0.1, -0.05) is 24.6 Å². The van der Waals surface area contributed by atoms with E-state index in [4.69, 9.17) is 4.74 Å². The Labute approximate surface area is 127 Å². The van der Waals surface area contributed by atoms with E-state index < -0.39 is 0 Å². The summed E-state index contributed by atoms with van der Waals surface area (Å²) in [6, 6.07) is 6.34. The third-order valence-electron chi connectivity index (χ3n) is 3.95. The van der Waals surface area contributed by atoms with E-state index in [0.717, 1.165) is 43.8 Å². The number of rotatable bonds is 6. The van der Waals surface area contributed by atoms with E-state index >= 15 is 0 Å². The van der Waals surface area contributed by atoms with Crippen molar-refractivity contribution in [2.45, 2.75) is 39.7 Å². The maximum Gasteiger partial charge on any atom is 0.260 e. The van der Waals surface area contributed by atoms with E-state index in [-0.39, 0.29) is 18.6 Å². The van der Waals surface area contributed by atoms with E-state index in [0.29, 0.717) is 0 Å². The summed E-state index contributed by atoms with van der Waals surface area (Å²) in [6.07, 6.45) is 2.22. The van der Waals surface area contributed by atoms with Crippen molar-refractivity contribution in [2.75, 3.05) is 26.2 Å². The molecule has 0 radical (unpaired) electrons. The van der Waals surface area contributed by atoms with Crippen LogP contribution in [0.3, 0.4) is 0 Å². The van der Waals surface area contributed by atoms with Gasteiger partial charge in [0.2, 0.25) is 0 Å². The van der Waals surface area contributed by atoms with E-state index in [1.165, 1.54) is 5.56 Å². The average Bonchev–Trinajstić information content (AvgIpc) is 3.00. The smallest absolute Gasteiger partial charge is 0.260 e. The lowest BCUT2D eigenvalue weighted by atomic mass is 10.0. The Morgan fingerprint density at radius 3 is 2.76 bits per heavy atom. The minimum atomic E-state index is 0.0927. The highest BCUT2D eigenvalue weighted by Crippen LogP contribution is 2.26. The average molecular weight is 290 g/mol. The van der Waals surface area contributed by atoms with Gasteiger partial charge in [-0.15, -0.1) is 0 Å². The van der Waals surface area contributed by atoms with Crippen LogP contribution in [0.2, 0.25) is 0 Å². The SMILES string of the molecule is CCNC(C)c1cc(C)ccc1OCC(=O)N1CCCC1. The van der Waals surface area contributed by atoms with Gasteiger partial charge in [0.15, 0.2) is 6.61 Å². The summed E-state index contributed by atoms with van der Waals surface area (Å²) in [7, 11) is 0. The van der Waals surface area contributed by atoms with Gasteiger partial charge in [-0.25, -0.2) is 0 Å². The molecule has 1 saturated heterocycles. The molecule has 1 amide bonds. The number of likely N-dealkylation sites (tertiary alicyclic amines) is 1. The summed E-state index contributed by atoms with van der Waals surface area (Å²) < 4.78 is 5.80. The lowest BCUT2D eigenvalue weighted by Gasteiger charge is -2.20. The molecule has 1 fully saturated rings. The number of ether oxygens (including phenoxy) is 1. The van der Waals surface area contributed by atoms with Crippen LogP contribution in [-0.2, 0) is 4.79 Å². The Morgan fingerprint density at radius 1 is 1.38 bits per heavy atom. The van der Waals surface area contributed by atoms with Crippen LogP contribution >= 0.6 is 0 Å². The number of carbonyl (C=O) groups excluding carboxylic acids is 1. The summed E-state index contributed by atoms with van der Waals surface area (Å²) >= 11 is 0. The second-order valence-corrected chi connectivity index (χ2v) is 5.70. The van der Waals surface area contributed by atoms with Gasteiger partial charge in [0.1, 0.15) is 5.75 Å². The molecule has 1 aliphatic rings. The van der Waals surface area contributed by atoms with Crippen molar-refractivity contribution in [1.82, 2.24) is 10.2 Å². The van der Waals surface area contributed by atoms with Crippen molar-refractivity contribution >= 4 is 5.91 Å². The Hall–Kier alpha value is -1.55. The molecule has 0 spiro atoms. The van der Waals surface area contributed by atoms with Crippen LogP contribution in [0, 0.1) is 6.92 Å². The molecule has 1 atom stereocenters. The monoisotopic (exact) mass is 290 g/mol. The molecule has 1 N–H and O–H groups in total. The molecule has 2 rings (SSSR count). The highest BCUT2D eigenvalue weighted by molar-refractivity contribution is 5.78. The summed E-state index contributed by atoms with van der Waals surface area (Å²) in [5.41, 5.74) is 2.32. The van der Waals surface area contributed by atoms with Crippen LogP contribution in [-0.4, -0.2) is 37.0 Å². The van der Waals surface area contributed by atoms with Crippen LogP contribution in [0.5, 0.6) is 5.75 Å². The Bertz CT molecular complexity index is 482. The molecular formula is C17H26N2O2. The minimum absolute atomic E-state index is 0.0927. The quantitative estimate of drug-likeness (QED) is 0.876. The lowest BCUT2D eigenvalue weighted by molar-refractivity contribution is -0.132. The first-order chi connectivity index (χ1) is 10.1. The third kappa shape index (κ3) is 4.21. The van der Waals surface area contributed by atoms with E-state index in [1.54, 1.807) is 0 Å². The number of hydrogen-bond donors (Lipinski definition) is 1. The normalized spacial score (nSPS) is 16.0. The van der Waals surface area contributed by atoms with Gasteiger partial charge in [-0.05, 0) is 39.3 Å². The summed E-state index contributed by atoms with van der Waals surface area (Å²) in [6.45, 7) is 9.06. The zero-order chi connectivity index (χ0) is 15.2. The number of hydrogen-bond acceptors (Lipinski definition) is 3. The van der Waals surface area contributed by atoms with Crippen LogP contribution in [0.4, 0.5) is 0 Å². The Kier molecular flexibility index (Phi) is 5.62. The van der Waals surface area contributed by atoms with Crippen molar-refractivity contribution in [2.24, 2.45) is 0 Å². The lowest BCUT2D eigenvalue weighted by Crippen LogP contribution is -2.32. The van der Waals surface area contributed by atoms with Gasteiger partial charge in [-0.2, -0.15) is 0 Å². The molecule has 1 aromatic carbocycles. The van der Waals surface area contributed by atoms with E-state index in [9.17, 15) is 4.79 Å². The van der Waals surface area contributed by atoms with Gasteiger partial charge in [0.25, 0.3) is 5.91 Å². The predicted molar refractivity (Wildman–Crippen MR) is 84.6 cm³/mol. The number of aryl methyl sites for hydroxylation is 1. The number of carbonyl (C=O) groups is 1. The first-order valence-electron chi connectivity index (χ1n) is 7.86. The zero-order valence-electron chi connectivity index (χ0n) is 13.3. The first kappa shape index (κ1) is 15.8. The first-order valence-corrected chi connectivity index (χ1v) is 7.86. The van der Waals surface area contributed by atoms with Gasteiger partial charge < -0.3 is 15.0 Å². The molecule has 1 aromatic rings. The highest BCUT2D eigenvalue weighted by Gasteiger charge is 2.19. The predicted octanol–water partition coefficient (Wildman–Crippen LogP) is 2.67. The second-order valence-electron chi connectivity index (χ2n) is 5.70. The third-order valence-corrected chi connectivity index (χ3v) is 3.95. The molecular weight excluding hydrogens is 264 g/mol. The van der Waals surface area contributed by atoms with Crippen molar-refractivity contribution in [3.63, 3.8) is 0 Å². The molecule has 1 aliphatic heterocycles. The van der Waals surface area contributed by atoms with Gasteiger partial charge in [0, 0.05) is 24.7 Å². The number of benzene rings is 1. The fourth-order valence-electron chi connectivity index (χ4n) is 2.75. The summed E-state index contributed by atoms with van der Waals surface area (Å²) in [4.78, 5) is 14.0. The van der Waals surface area contributed by atoms with Gasteiger partial charge >= 0.3 is 0 Å². The van der Waals surface area contributed by atoms with Gasteiger partial charge in [0.05, 0.1) is 0 Å². The molecule has 1 heterocycles. The summed E-state index contributed by atoms with van der Waals surface area (Å²) in [5.74, 6) is 0.900. The van der Waals surface area contributed by atoms with E-state index in [2.05, 4.69) is 32.2 Å². The maximum atomic E-state index is 12.1. The number of amides is 1. The Morgan fingerprint density at radius 2 is 2.10 bits per heavy atom. The highest BCUT2D eigenvalue weighted by atomic mass is 16.5. The topological polar surface area (TPSA) is 41.6 Å². The van der Waals surface area contributed by atoms with Crippen LogP contribution < -0.4 is 10.1 Å². The molecule has 116 valence electrons. The fraction of sp³-hybridized carbons (Fsp3) is 0.588. The standard InChI is InChI=1S/C17H26N2O2/c1-4-18-14(3)15-11-13(2)7-8-16(15)21-12-17(20)19-9-5-6-10-19/h7-8,11,14,18H,4-6,9-10,12H2,1-3H3. The molecule has 4 nitrogen and oxygen atoms in total. The fourth-order valence-corrected chi connectivity index (χ4v) is 2.75. The largest absolute Gasteiger partial charge is 0.483 e. The molecule has 0 saturated carbocycles. The second kappa shape index (κ2) is 7.46. The maximum absolute atomic E-state index is 12.1. The van der Waals surface area contributed by atoms with Crippen molar-refractivity contribution in [3.05, 3.63) is 29.3 Å². The molecule has 0 bridgehead atoms. The minimum Gasteiger partial charge on any atom is -0.483 e. The number of nitrogens with zero attached hydrogens (tertiary/aromatic N) is 1. The van der Waals surface area contributed by atoms with Crippen LogP contribution in [0.1, 0.15) is 43.9 Å². The van der Waals surface area contributed by atoms with Crippen LogP contribution in [0.25, 0.3) is 0 Å². The van der Waals surface area contributed by atoms with Crippen LogP contribution in [0.15, 0.2) is 18.2 Å².